The molecule has 0 aliphatic carbocycles. The zero-order valence-electron chi connectivity index (χ0n) is 15.4. The van der Waals surface area contributed by atoms with E-state index in [1.165, 1.54) is 12.8 Å². The second-order valence-corrected chi connectivity index (χ2v) is 13.5. The molecule has 0 heterocycles. The van der Waals surface area contributed by atoms with Gasteiger partial charge < -0.3 is 23.4 Å². The molecule has 0 aliphatic heterocycles. The minimum absolute atomic E-state index is 0.684. The smallest absolute Gasteiger partial charge is 0.334 e. The van der Waals surface area contributed by atoms with E-state index in [-0.39, 0.29) is 0 Å². The lowest BCUT2D eigenvalue weighted by Gasteiger charge is -2.25. The van der Waals surface area contributed by atoms with Crippen molar-refractivity contribution >= 4 is 17.1 Å². The van der Waals surface area contributed by atoms with Crippen LogP contribution in [0.1, 0.15) is 32.1 Å². The van der Waals surface area contributed by atoms with Crippen molar-refractivity contribution in [3.05, 3.63) is 0 Å². The zero-order chi connectivity index (χ0) is 17.1. The first kappa shape index (κ1) is 22.2. The summed E-state index contributed by atoms with van der Waals surface area (Å²) in [7, 11) is 3.18. The summed E-state index contributed by atoms with van der Waals surface area (Å²) in [5.74, 6) is 0.684. The van der Waals surface area contributed by atoms with E-state index in [4.69, 9.17) is 23.4 Å². The predicted molar refractivity (Wildman–Crippen MR) is 96.5 cm³/mol. The van der Waals surface area contributed by atoms with Crippen molar-refractivity contribution in [2.45, 2.75) is 57.3 Å². The van der Waals surface area contributed by atoms with Crippen LogP contribution in [0, 0.1) is 5.92 Å². The fourth-order valence-corrected chi connectivity index (χ4v) is 5.51. The van der Waals surface area contributed by atoms with Crippen LogP contribution in [-0.4, -0.2) is 52.1 Å². The monoisotopic (exact) mass is 351 g/mol. The molecule has 134 valence electrons. The van der Waals surface area contributed by atoms with Crippen LogP contribution >= 0.6 is 0 Å². The maximum Gasteiger partial charge on any atom is 0.334 e. The number of hydrogen-bond acceptors (Lipinski definition) is 5. The Morgan fingerprint density at radius 3 is 1.36 bits per heavy atom. The summed E-state index contributed by atoms with van der Waals surface area (Å²) in [6.07, 6.45) is 5.79. The fraction of sp³-hybridized carbons (Fsp3) is 1.00. The SMILES string of the molecule is CO[Si](C)(CCCC(CCN)CCC[Si](C)(OC)OC)OC. The molecule has 0 bridgehead atoms. The minimum Gasteiger partial charge on any atom is -0.398 e. The summed E-state index contributed by atoms with van der Waals surface area (Å²) in [5.41, 5.74) is 5.77. The highest BCUT2D eigenvalue weighted by molar-refractivity contribution is 6.66. The molecule has 0 rings (SSSR count). The number of hydrogen-bond donors (Lipinski definition) is 1. The van der Waals surface area contributed by atoms with Crippen molar-refractivity contribution in [2.24, 2.45) is 11.7 Å². The topological polar surface area (TPSA) is 62.9 Å². The number of rotatable bonds is 14. The Morgan fingerprint density at radius 1 is 0.727 bits per heavy atom. The first-order chi connectivity index (χ1) is 10.4. The van der Waals surface area contributed by atoms with Crippen molar-refractivity contribution in [3.63, 3.8) is 0 Å². The van der Waals surface area contributed by atoms with Crippen LogP contribution in [-0.2, 0) is 17.7 Å². The van der Waals surface area contributed by atoms with Crippen molar-refractivity contribution in [1.29, 1.82) is 0 Å². The van der Waals surface area contributed by atoms with Crippen LogP contribution in [0.4, 0.5) is 0 Å². The molecule has 0 amide bonds. The van der Waals surface area contributed by atoms with Crippen LogP contribution < -0.4 is 5.73 Å². The van der Waals surface area contributed by atoms with E-state index in [1.807, 2.05) is 0 Å². The van der Waals surface area contributed by atoms with Gasteiger partial charge in [-0.3, -0.25) is 0 Å². The highest BCUT2D eigenvalue weighted by Crippen LogP contribution is 2.25. The predicted octanol–water partition coefficient (Wildman–Crippen LogP) is 3.24. The zero-order valence-corrected chi connectivity index (χ0v) is 17.4. The number of nitrogens with two attached hydrogens (primary N) is 1. The average molecular weight is 352 g/mol. The van der Waals surface area contributed by atoms with Gasteiger partial charge in [0.1, 0.15) is 0 Å². The van der Waals surface area contributed by atoms with Crippen LogP contribution in [0.25, 0.3) is 0 Å². The molecule has 0 spiro atoms. The third kappa shape index (κ3) is 8.76. The van der Waals surface area contributed by atoms with Gasteiger partial charge in [0.05, 0.1) is 0 Å². The Labute approximate surface area is 139 Å². The summed E-state index contributed by atoms with van der Waals surface area (Å²) in [6.45, 7) is 5.01. The van der Waals surface area contributed by atoms with Gasteiger partial charge in [-0.25, -0.2) is 0 Å². The highest BCUT2D eigenvalue weighted by Gasteiger charge is 2.29. The third-order valence-corrected chi connectivity index (χ3v) is 10.8. The normalized spacial score (nSPS) is 13.1. The molecule has 7 heteroatoms. The molecule has 0 radical (unpaired) electrons. The van der Waals surface area contributed by atoms with E-state index in [1.54, 1.807) is 28.4 Å². The fourth-order valence-electron chi connectivity index (χ4n) is 2.67. The molecule has 0 aliphatic rings. The van der Waals surface area contributed by atoms with Gasteiger partial charge >= 0.3 is 17.1 Å². The molecule has 0 aromatic carbocycles. The first-order valence-electron chi connectivity index (χ1n) is 8.29. The molecule has 0 fully saturated rings. The van der Waals surface area contributed by atoms with Crippen LogP contribution in [0.2, 0.25) is 25.2 Å². The molecule has 0 saturated heterocycles. The summed E-state index contributed by atoms with van der Waals surface area (Å²) in [4.78, 5) is 0. The maximum atomic E-state index is 5.77. The van der Waals surface area contributed by atoms with E-state index in [0.29, 0.717) is 5.92 Å². The quantitative estimate of drug-likeness (QED) is 0.487. The largest absolute Gasteiger partial charge is 0.398 e. The van der Waals surface area contributed by atoms with Gasteiger partial charge in [-0.15, -0.1) is 0 Å². The molecular weight excluding hydrogens is 314 g/mol. The molecule has 2 N–H and O–H groups in total. The molecule has 0 aromatic rings. The lowest BCUT2D eigenvalue weighted by atomic mass is 9.95. The molecule has 22 heavy (non-hydrogen) atoms. The van der Waals surface area contributed by atoms with E-state index >= 15 is 0 Å². The van der Waals surface area contributed by atoms with Crippen molar-refractivity contribution in [1.82, 2.24) is 0 Å². The van der Waals surface area contributed by atoms with Crippen LogP contribution in [0.3, 0.4) is 0 Å². The highest BCUT2D eigenvalue weighted by atomic mass is 28.4. The van der Waals surface area contributed by atoms with Crippen LogP contribution in [0.15, 0.2) is 0 Å². The van der Waals surface area contributed by atoms with Gasteiger partial charge in [0.15, 0.2) is 0 Å². The Morgan fingerprint density at radius 2 is 1.09 bits per heavy atom. The van der Waals surface area contributed by atoms with E-state index in [0.717, 1.165) is 37.9 Å². The maximum absolute atomic E-state index is 5.77. The summed E-state index contributed by atoms with van der Waals surface area (Å²) in [5, 5.41) is 0. The third-order valence-electron chi connectivity index (χ3n) is 4.79. The van der Waals surface area contributed by atoms with Gasteiger partial charge in [0.25, 0.3) is 0 Å². The molecule has 0 unspecified atom stereocenters. The second kappa shape index (κ2) is 11.7. The average Bonchev–Trinajstić information content (AvgIpc) is 2.54. The van der Waals surface area contributed by atoms with E-state index < -0.39 is 17.1 Å². The van der Waals surface area contributed by atoms with Gasteiger partial charge in [-0.1, -0.05) is 25.7 Å². The first-order valence-corrected chi connectivity index (χ1v) is 13.3. The summed E-state index contributed by atoms with van der Waals surface area (Å²) >= 11 is 0. The summed E-state index contributed by atoms with van der Waals surface area (Å²) < 4.78 is 22.2. The van der Waals surface area contributed by atoms with Crippen LogP contribution in [0.5, 0.6) is 0 Å². The van der Waals surface area contributed by atoms with Crippen molar-refractivity contribution in [2.75, 3.05) is 35.0 Å². The van der Waals surface area contributed by atoms with Gasteiger partial charge in [-0.05, 0) is 44.1 Å². The standard InChI is InChI=1S/C15H37NO4Si2/c1-17-21(5,18-2)13-7-9-15(11-12-16)10-8-14-22(6,19-3)20-4/h15H,7-14,16H2,1-6H3. The molecule has 0 atom stereocenters. The molecule has 5 nitrogen and oxygen atoms in total. The molecular formula is C15H37NO4Si2. The molecule has 0 saturated carbocycles. The van der Waals surface area contributed by atoms with Crippen molar-refractivity contribution < 1.29 is 17.7 Å². The van der Waals surface area contributed by atoms with Gasteiger partial charge in [-0.2, -0.15) is 0 Å². The Balaban J connectivity index is 4.16. The second-order valence-electron chi connectivity index (χ2n) is 6.31. The van der Waals surface area contributed by atoms with E-state index in [2.05, 4.69) is 13.1 Å². The van der Waals surface area contributed by atoms with Crippen molar-refractivity contribution in [3.8, 4) is 0 Å². The lowest BCUT2D eigenvalue weighted by molar-refractivity contribution is 0.244. The summed E-state index contributed by atoms with van der Waals surface area (Å²) in [6, 6.07) is 2.09. The lowest BCUT2D eigenvalue weighted by Crippen LogP contribution is -2.36. The Bertz CT molecular complexity index is 250. The van der Waals surface area contributed by atoms with E-state index in [9.17, 15) is 0 Å². The minimum atomic E-state index is -1.92. The van der Waals surface area contributed by atoms with Gasteiger partial charge in [0, 0.05) is 28.4 Å². The molecule has 0 aromatic heterocycles. The van der Waals surface area contributed by atoms with Gasteiger partial charge in [0.2, 0.25) is 0 Å². The Hall–Kier alpha value is 0.234. The Kier molecular flexibility index (Phi) is 11.8.